The van der Waals surface area contributed by atoms with Gasteiger partial charge in [0.25, 0.3) is 5.56 Å². The smallest absolute Gasteiger partial charge is 0.270 e. The van der Waals surface area contributed by atoms with E-state index in [1.165, 1.54) is 4.68 Å². The van der Waals surface area contributed by atoms with Crippen molar-refractivity contribution in [3.63, 3.8) is 0 Å². The van der Waals surface area contributed by atoms with Crippen LogP contribution in [0.5, 0.6) is 5.75 Å². The number of rotatable bonds is 6. The Kier molecular flexibility index (Phi) is 5.14. The zero-order valence-electron chi connectivity index (χ0n) is 16.0. The van der Waals surface area contributed by atoms with Crippen molar-refractivity contribution < 1.29 is 9.53 Å². The molecule has 28 heavy (non-hydrogen) atoms. The largest absolute Gasteiger partial charge is 0.497 e. The Hall–Kier alpha value is -3.09. The lowest BCUT2D eigenvalue weighted by Crippen LogP contribution is -2.37. The lowest BCUT2D eigenvalue weighted by atomic mass is 9.94. The van der Waals surface area contributed by atoms with E-state index in [1.807, 2.05) is 30.5 Å². The van der Waals surface area contributed by atoms with Gasteiger partial charge in [-0.3, -0.25) is 9.59 Å². The summed E-state index contributed by atoms with van der Waals surface area (Å²) in [5.41, 5.74) is 2.81. The van der Waals surface area contributed by atoms with Crippen LogP contribution in [-0.2, 0) is 30.7 Å². The van der Waals surface area contributed by atoms with Crippen molar-refractivity contribution in [3.8, 4) is 5.75 Å². The highest BCUT2D eigenvalue weighted by Crippen LogP contribution is 2.21. The van der Waals surface area contributed by atoms with Crippen molar-refractivity contribution in [2.24, 2.45) is 0 Å². The number of methoxy groups -OCH3 is 1. The number of aromatic nitrogens is 3. The number of carbonyl (C=O) groups excluding carboxylic acids is 1. The molecular weight excluding hydrogens is 356 g/mol. The molecule has 7 nitrogen and oxygen atoms in total. The topological polar surface area (TPSA) is 78.2 Å². The number of carbonyl (C=O) groups is 1. The number of hydrogen-bond acceptors (Lipinski definition) is 4. The van der Waals surface area contributed by atoms with E-state index in [2.05, 4.69) is 15.0 Å². The number of hydrogen-bond donors (Lipinski definition) is 1. The molecule has 0 spiro atoms. The average molecular weight is 380 g/mol. The summed E-state index contributed by atoms with van der Waals surface area (Å²) in [7, 11) is 1.65. The van der Waals surface area contributed by atoms with Crippen molar-refractivity contribution >= 4 is 16.8 Å². The van der Waals surface area contributed by atoms with Gasteiger partial charge in [-0.1, -0.05) is 0 Å². The summed E-state index contributed by atoms with van der Waals surface area (Å²) >= 11 is 0. The first kappa shape index (κ1) is 18.3. The first-order valence-electron chi connectivity index (χ1n) is 9.63. The third-order valence-corrected chi connectivity index (χ3v) is 5.30. The summed E-state index contributed by atoms with van der Waals surface area (Å²) < 4.78 is 8.60. The standard InChI is InChI=1S/C21H24N4O3/c1-28-17-6-7-19-15(12-17)8-10-24(19)11-9-22-20(26)14-25-21(27)18-5-3-2-4-16(18)13-23-25/h6-8,10,12-13H,2-5,9,11,14H2,1H3,(H,22,26). The lowest BCUT2D eigenvalue weighted by molar-refractivity contribution is -0.121. The van der Waals surface area contributed by atoms with Gasteiger partial charge in [-0.15, -0.1) is 0 Å². The molecule has 0 bridgehead atoms. The molecule has 0 unspecified atom stereocenters. The quantitative estimate of drug-likeness (QED) is 0.709. The fourth-order valence-electron chi connectivity index (χ4n) is 3.78. The van der Waals surface area contributed by atoms with Crippen LogP contribution in [0, 0.1) is 0 Å². The maximum atomic E-state index is 12.5. The van der Waals surface area contributed by atoms with Gasteiger partial charge in [0.2, 0.25) is 5.91 Å². The van der Waals surface area contributed by atoms with E-state index in [4.69, 9.17) is 4.74 Å². The van der Waals surface area contributed by atoms with Gasteiger partial charge in [0, 0.05) is 35.8 Å². The summed E-state index contributed by atoms with van der Waals surface area (Å²) in [4.78, 5) is 24.8. The maximum absolute atomic E-state index is 12.5. The molecule has 1 aliphatic carbocycles. The zero-order chi connectivity index (χ0) is 19.5. The van der Waals surface area contributed by atoms with Crippen LogP contribution in [0.2, 0.25) is 0 Å². The van der Waals surface area contributed by atoms with Gasteiger partial charge in [-0.25, -0.2) is 4.68 Å². The number of nitrogens with one attached hydrogen (secondary N) is 1. The molecule has 0 saturated heterocycles. The first-order chi connectivity index (χ1) is 13.7. The van der Waals surface area contributed by atoms with Gasteiger partial charge >= 0.3 is 0 Å². The normalized spacial score (nSPS) is 13.3. The van der Waals surface area contributed by atoms with Crippen LogP contribution in [0.25, 0.3) is 10.9 Å². The number of fused-ring (bicyclic) bond motifs is 2. The van der Waals surface area contributed by atoms with E-state index in [1.54, 1.807) is 13.3 Å². The van der Waals surface area contributed by atoms with Crippen LogP contribution in [0.4, 0.5) is 0 Å². The minimum absolute atomic E-state index is 0.0459. The van der Waals surface area contributed by atoms with Gasteiger partial charge in [0.1, 0.15) is 12.3 Å². The molecule has 1 N–H and O–H groups in total. The highest BCUT2D eigenvalue weighted by Gasteiger charge is 2.16. The molecule has 3 aromatic rings. The number of benzene rings is 1. The Morgan fingerprint density at radius 3 is 2.96 bits per heavy atom. The summed E-state index contributed by atoms with van der Waals surface area (Å²) in [6.45, 7) is 1.08. The highest BCUT2D eigenvalue weighted by atomic mass is 16.5. The molecule has 1 aliphatic rings. The molecule has 2 aromatic heterocycles. The Balaban J connectivity index is 1.36. The molecule has 1 aromatic carbocycles. The predicted octanol–water partition coefficient (Wildman–Crippen LogP) is 1.90. The van der Waals surface area contributed by atoms with E-state index in [0.29, 0.717) is 13.1 Å². The van der Waals surface area contributed by atoms with E-state index in [9.17, 15) is 9.59 Å². The molecule has 0 saturated carbocycles. The first-order valence-corrected chi connectivity index (χ1v) is 9.63. The van der Waals surface area contributed by atoms with Crippen molar-refractivity contribution in [2.75, 3.05) is 13.7 Å². The molecule has 2 heterocycles. The van der Waals surface area contributed by atoms with Crippen LogP contribution in [0.1, 0.15) is 24.0 Å². The van der Waals surface area contributed by atoms with Gasteiger partial charge in [-0.2, -0.15) is 5.10 Å². The molecular formula is C21H24N4O3. The second kappa shape index (κ2) is 7.88. The second-order valence-corrected chi connectivity index (χ2v) is 7.10. The molecule has 4 rings (SSSR count). The molecule has 0 atom stereocenters. The van der Waals surface area contributed by atoms with E-state index >= 15 is 0 Å². The summed E-state index contributed by atoms with van der Waals surface area (Å²) in [5, 5.41) is 8.15. The Bertz CT molecular complexity index is 1070. The zero-order valence-corrected chi connectivity index (χ0v) is 16.0. The van der Waals surface area contributed by atoms with Crippen molar-refractivity contribution in [3.05, 3.63) is 58.1 Å². The Morgan fingerprint density at radius 2 is 2.11 bits per heavy atom. The highest BCUT2D eigenvalue weighted by molar-refractivity contribution is 5.81. The number of aryl methyl sites for hydroxylation is 1. The van der Waals surface area contributed by atoms with Gasteiger partial charge in [-0.05, 0) is 55.5 Å². The van der Waals surface area contributed by atoms with Crippen molar-refractivity contribution in [1.29, 1.82) is 0 Å². The van der Waals surface area contributed by atoms with Gasteiger partial charge < -0.3 is 14.6 Å². The van der Waals surface area contributed by atoms with Crippen LogP contribution < -0.4 is 15.6 Å². The fraction of sp³-hybridized carbons (Fsp3) is 0.381. The summed E-state index contributed by atoms with van der Waals surface area (Å²) in [5.74, 6) is 0.616. The minimum Gasteiger partial charge on any atom is -0.497 e. The van der Waals surface area contributed by atoms with Crippen LogP contribution in [0.15, 0.2) is 41.5 Å². The average Bonchev–Trinajstić information content (AvgIpc) is 3.12. The second-order valence-electron chi connectivity index (χ2n) is 7.10. The Morgan fingerprint density at radius 1 is 1.25 bits per heavy atom. The summed E-state index contributed by atoms with van der Waals surface area (Å²) in [6.07, 6.45) is 7.54. The monoisotopic (exact) mass is 380 g/mol. The van der Waals surface area contributed by atoms with Gasteiger partial charge in [0.05, 0.1) is 13.3 Å². The van der Waals surface area contributed by atoms with E-state index in [-0.39, 0.29) is 18.0 Å². The summed E-state index contributed by atoms with van der Waals surface area (Å²) in [6, 6.07) is 7.94. The van der Waals surface area contributed by atoms with E-state index < -0.39 is 0 Å². The lowest BCUT2D eigenvalue weighted by Gasteiger charge is -2.15. The number of ether oxygens (including phenoxy) is 1. The molecule has 0 aliphatic heterocycles. The predicted molar refractivity (Wildman–Crippen MR) is 107 cm³/mol. The van der Waals surface area contributed by atoms with Crippen LogP contribution >= 0.6 is 0 Å². The Labute approximate surface area is 162 Å². The molecule has 0 fully saturated rings. The molecule has 0 radical (unpaired) electrons. The van der Waals surface area contributed by atoms with Crippen molar-refractivity contribution in [2.45, 2.75) is 38.8 Å². The molecule has 7 heteroatoms. The third kappa shape index (κ3) is 3.65. The minimum atomic E-state index is -0.205. The van der Waals surface area contributed by atoms with Crippen LogP contribution in [0.3, 0.4) is 0 Å². The number of nitrogens with zero attached hydrogens (tertiary/aromatic N) is 3. The van der Waals surface area contributed by atoms with Gasteiger partial charge in [0.15, 0.2) is 0 Å². The maximum Gasteiger partial charge on any atom is 0.270 e. The van der Waals surface area contributed by atoms with E-state index in [0.717, 1.165) is 53.5 Å². The molecule has 1 amide bonds. The van der Waals surface area contributed by atoms with Crippen LogP contribution in [-0.4, -0.2) is 33.9 Å². The fourth-order valence-corrected chi connectivity index (χ4v) is 3.78. The number of amides is 1. The third-order valence-electron chi connectivity index (χ3n) is 5.30. The SMILES string of the molecule is COc1ccc2c(ccn2CCNC(=O)Cn2ncc3c(c2=O)CCCC3)c1. The molecule has 146 valence electrons. The van der Waals surface area contributed by atoms with Crippen molar-refractivity contribution in [1.82, 2.24) is 19.7 Å².